The van der Waals surface area contributed by atoms with Gasteiger partial charge in [0.15, 0.2) is 0 Å². The minimum Gasteiger partial charge on any atom is -0.465 e. The second-order valence-electron chi connectivity index (χ2n) is 11.1. The van der Waals surface area contributed by atoms with E-state index in [9.17, 15) is 19.2 Å². The van der Waals surface area contributed by atoms with Gasteiger partial charge < -0.3 is 20.7 Å². The van der Waals surface area contributed by atoms with Gasteiger partial charge in [0.05, 0.1) is 17.9 Å². The molecule has 8 nitrogen and oxygen atoms in total. The zero-order chi connectivity index (χ0) is 32.6. The topological polar surface area (TPSA) is 114 Å². The Morgan fingerprint density at radius 1 is 0.957 bits per heavy atom. The molecule has 3 aromatic carbocycles. The predicted molar refractivity (Wildman–Crippen MR) is 184 cm³/mol. The molecular formula is C36H35N3O5S2. The van der Waals surface area contributed by atoms with Gasteiger partial charge in [-0.25, -0.2) is 4.79 Å². The van der Waals surface area contributed by atoms with Crippen molar-refractivity contribution < 1.29 is 23.9 Å². The number of thioether (sulfide) groups is 1. The molecule has 46 heavy (non-hydrogen) atoms. The lowest BCUT2D eigenvalue weighted by molar-refractivity contribution is -0.115. The Morgan fingerprint density at radius 2 is 1.67 bits per heavy atom. The molecule has 0 radical (unpaired) electrons. The van der Waals surface area contributed by atoms with E-state index in [2.05, 4.69) is 22.9 Å². The van der Waals surface area contributed by atoms with Crippen molar-refractivity contribution in [3.05, 3.63) is 118 Å². The summed E-state index contributed by atoms with van der Waals surface area (Å²) in [5.41, 5.74) is 3.21. The Kier molecular flexibility index (Phi) is 10.7. The molecule has 2 unspecified atom stereocenters. The number of ether oxygens (including phenoxy) is 1. The summed E-state index contributed by atoms with van der Waals surface area (Å²) >= 11 is 2.78. The number of methoxy groups -OCH3 is 1. The Labute approximate surface area is 276 Å². The van der Waals surface area contributed by atoms with Crippen molar-refractivity contribution in [1.29, 1.82) is 0 Å². The maximum absolute atomic E-state index is 13.4. The summed E-state index contributed by atoms with van der Waals surface area (Å²) in [6.45, 7) is 3.98. The van der Waals surface area contributed by atoms with E-state index in [-0.39, 0.29) is 11.6 Å². The van der Waals surface area contributed by atoms with E-state index in [1.165, 1.54) is 30.2 Å². The van der Waals surface area contributed by atoms with Crippen LogP contribution in [0.3, 0.4) is 0 Å². The van der Waals surface area contributed by atoms with Gasteiger partial charge in [-0.3, -0.25) is 14.4 Å². The van der Waals surface area contributed by atoms with Gasteiger partial charge in [-0.1, -0.05) is 61.5 Å². The van der Waals surface area contributed by atoms with Gasteiger partial charge >= 0.3 is 5.97 Å². The Bertz CT molecular complexity index is 1770. The lowest BCUT2D eigenvalue weighted by atomic mass is 9.88. The summed E-state index contributed by atoms with van der Waals surface area (Å²) in [7, 11) is 1.35. The fourth-order valence-electron chi connectivity index (χ4n) is 5.13. The van der Waals surface area contributed by atoms with Crippen LogP contribution in [0.25, 0.3) is 6.08 Å². The molecule has 2 atom stereocenters. The number of fused-ring (bicyclic) bond motifs is 1. The summed E-state index contributed by atoms with van der Waals surface area (Å²) < 4.78 is 5.05. The molecule has 1 heterocycles. The number of thiophene rings is 1. The highest BCUT2D eigenvalue weighted by atomic mass is 32.2. The Morgan fingerprint density at radius 3 is 2.39 bits per heavy atom. The molecule has 10 heteroatoms. The zero-order valence-electron chi connectivity index (χ0n) is 25.8. The summed E-state index contributed by atoms with van der Waals surface area (Å²) in [5.74, 6) is -1.06. The zero-order valence-corrected chi connectivity index (χ0v) is 27.4. The van der Waals surface area contributed by atoms with Crippen LogP contribution in [-0.4, -0.2) is 36.1 Å². The molecule has 236 valence electrons. The molecule has 0 saturated heterocycles. The molecule has 0 saturated carbocycles. The third-order valence-corrected chi connectivity index (χ3v) is 9.81. The molecule has 3 amide bonds. The first-order valence-electron chi connectivity index (χ1n) is 15.0. The van der Waals surface area contributed by atoms with Crippen molar-refractivity contribution in [1.82, 2.24) is 5.32 Å². The van der Waals surface area contributed by atoms with E-state index >= 15 is 0 Å². The molecular weight excluding hydrogens is 619 g/mol. The van der Waals surface area contributed by atoms with Crippen LogP contribution in [0.4, 0.5) is 10.7 Å². The summed E-state index contributed by atoms with van der Waals surface area (Å²) in [6.07, 6.45) is 4.27. The lowest BCUT2D eigenvalue weighted by Crippen LogP contribution is -2.30. The highest BCUT2D eigenvalue weighted by Gasteiger charge is 2.29. The van der Waals surface area contributed by atoms with Crippen LogP contribution >= 0.6 is 23.1 Å². The van der Waals surface area contributed by atoms with Gasteiger partial charge in [-0.15, -0.1) is 23.1 Å². The third kappa shape index (κ3) is 8.13. The molecule has 4 aromatic rings. The highest BCUT2D eigenvalue weighted by molar-refractivity contribution is 8.00. The SMILES string of the molecule is COC(=O)c1c(NC(=O)C(C)Sc2cccc(NC(=O)/C(=C/c3ccccc3)NC(=O)c3ccccc3)c2)sc2c1CCC(C)C2. The number of amides is 3. The number of hydrogen-bond acceptors (Lipinski definition) is 7. The van der Waals surface area contributed by atoms with E-state index in [1.807, 2.05) is 42.5 Å². The van der Waals surface area contributed by atoms with Crippen molar-refractivity contribution in [3.63, 3.8) is 0 Å². The second kappa shape index (κ2) is 15.1. The van der Waals surface area contributed by atoms with Crippen molar-refractivity contribution in [2.75, 3.05) is 17.7 Å². The van der Waals surface area contributed by atoms with Crippen molar-refractivity contribution >= 4 is 63.6 Å². The van der Waals surface area contributed by atoms with Gasteiger partial charge in [-0.05, 0) is 79.6 Å². The number of hydrogen-bond donors (Lipinski definition) is 3. The first kappa shape index (κ1) is 32.7. The molecule has 5 rings (SSSR count). The number of carbonyl (C=O) groups excluding carboxylic acids is 4. The highest BCUT2D eigenvalue weighted by Crippen LogP contribution is 2.40. The van der Waals surface area contributed by atoms with Crippen LogP contribution in [0.1, 0.15) is 57.0 Å². The smallest absolute Gasteiger partial charge is 0.341 e. The van der Waals surface area contributed by atoms with Gasteiger partial charge in [0.1, 0.15) is 10.7 Å². The average molecular weight is 654 g/mol. The van der Waals surface area contributed by atoms with Crippen molar-refractivity contribution in [2.24, 2.45) is 5.92 Å². The molecule has 3 N–H and O–H groups in total. The third-order valence-electron chi connectivity index (χ3n) is 7.55. The molecule has 1 aliphatic rings. The standard InChI is InChI=1S/C36H35N3O5S2/c1-22-17-18-28-30(19-22)46-35(31(28)36(43)44-3)39-32(40)23(2)45-27-16-10-15-26(21-27)37-34(42)29(20-24-11-6-4-7-12-24)38-33(41)25-13-8-5-9-14-25/h4-16,20-23H,17-19H2,1-3H3,(H,37,42)(H,38,41)(H,39,40)/b29-20-. The van der Waals surface area contributed by atoms with Crippen LogP contribution in [0.5, 0.6) is 0 Å². The second-order valence-corrected chi connectivity index (χ2v) is 13.6. The van der Waals surface area contributed by atoms with E-state index < -0.39 is 23.0 Å². The van der Waals surface area contributed by atoms with Crippen LogP contribution in [0.2, 0.25) is 0 Å². The normalized spacial score (nSPS) is 14.8. The van der Waals surface area contributed by atoms with Crippen LogP contribution in [-0.2, 0) is 27.2 Å². The maximum atomic E-state index is 13.4. The molecule has 0 bridgehead atoms. The van der Waals surface area contributed by atoms with Gasteiger partial charge in [0.2, 0.25) is 5.91 Å². The van der Waals surface area contributed by atoms with Crippen LogP contribution in [0, 0.1) is 5.92 Å². The first-order chi connectivity index (χ1) is 22.2. The van der Waals surface area contributed by atoms with Crippen LogP contribution in [0.15, 0.2) is 95.5 Å². The quantitative estimate of drug-likeness (QED) is 0.0949. The number of benzene rings is 3. The van der Waals surface area contributed by atoms with Crippen molar-refractivity contribution in [3.8, 4) is 0 Å². The summed E-state index contributed by atoms with van der Waals surface area (Å²) in [5, 5.41) is 8.61. The van der Waals surface area contributed by atoms with E-state index in [0.29, 0.717) is 27.7 Å². The van der Waals surface area contributed by atoms with Gasteiger partial charge in [0, 0.05) is 21.0 Å². The number of nitrogens with one attached hydrogen (secondary N) is 3. The van der Waals surface area contributed by atoms with E-state index in [0.717, 1.165) is 40.2 Å². The number of anilines is 2. The number of esters is 1. The molecule has 1 aromatic heterocycles. The monoisotopic (exact) mass is 653 g/mol. The fourth-order valence-corrected chi connectivity index (χ4v) is 7.46. The molecule has 0 fully saturated rings. The van der Waals surface area contributed by atoms with Crippen LogP contribution < -0.4 is 16.0 Å². The molecule has 0 aliphatic heterocycles. The van der Waals surface area contributed by atoms with E-state index in [4.69, 9.17) is 4.74 Å². The Balaban J connectivity index is 1.28. The van der Waals surface area contributed by atoms with E-state index in [1.54, 1.807) is 55.5 Å². The fraction of sp³-hybridized carbons (Fsp3) is 0.222. The largest absolute Gasteiger partial charge is 0.465 e. The minimum absolute atomic E-state index is 0.0836. The molecule has 1 aliphatic carbocycles. The minimum atomic E-state index is -0.506. The van der Waals surface area contributed by atoms with Crippen molar-refractivity contribution in [2.45, 2.75) is 43.3 Å². The first-order valence-corrected chi connectivity index (χ1v) is 16.7. The Hall–Kier alpha value is -4.67. The maximum Gasteiger partial charge on any atom is 0.341 e. The summed E-state index contributed by atoms with van der Waals surface area (Å²) in [4.78, 5) is 54.2. The van der Waals surface area contributed by atoms with Gasteiger partial charge in [0.25, 0.3) is 11.8 Å². The summed E-state index contributed by atoms with van der Waals surface area (Å²) in [6, 6.07) is 25.1. The molecule has 0 spiro atoms. The predicted octanol–water partition coefficient (Wildman–Crippen LogP) is 7.19. The van der Waals surface area contributed by atoms with Gasteiger partial charge in [-0.2, -0.15) is 0 Å². The number of rotatable bonds is 10. The number of carbonyl (C=O) groups is 4. The lowest BCUT2D eigenvalue weighted by Gasteiger charge is -2.18. The average Bonchev–Trinajstić information content (AvgIpc) is 3.41.